The number of non-ortho nitro benzene ring substituents is 1. The summed E-state index contributed by atoms with van der Waals surface area (Å²) < 4.78 is 0. The molecule has 0 unspecified atom stereocenters. The summed E-state index contributed by atoms with van der Waals surface area (Å²) in [5, 5.41) is 18.7. The minimum absolute atomic E-state index is 0.0621. The van der Waals surface area contributed by atoms with Crippen molar-refractivity contribution in [3.05, 3.63) is 94.5 Å². The minimum Gasteiger partial charge on any atom is -0.282 e. The number of hydrogen-bond acceptors (Lipinski definition) is 4. The molecule has 1 heterocycles. The first-order chi connectivity index (χ1) is 15.1. The van der Waals surface area contributed by atoms with E-state index in [2.05, 4.69) is 0 Å². The molecule has 1 aliphatic rings. The summed E-state index contributed by atoms with van der Waals surface area (Å²) in [5.74, 6) is -0.0621. The largest absolute Gasteiger partial charge is 0.282 e. The molecule has 0 aromatic heterocycles. The van der Waals surface area contributed by atoms with Crippen molar-refractivity contribution in [2.24, 2.45) is 0 Å². The van der Waals surface area contributed by atoms with E-state index in [-0.39, 0.29) is 16.5 Å². The first kappa shape index (κ1) is 19.1. The number of hydrogen-bond donors (Lipinski definition) is 0. The zero-order valence-corrected chi connectivity index (χ0v) is 16.9. The SMILES string of the molecule is O=C(c1ccc2ccccc2c1)N1CCCCN1c1ccc([N+](=O)[O-])c2ccccc12. The second-order valence-electron chi connectivity index (χ2n) is 7.73. The number of anilines is 1. The molecule has 5 rings (SSSR count). The van der Waals surface area contributed by atoms with E-state index in [0.29, 0.717) is 24.0 Å². The van der Waals surface area contributed by atoms with Gasteiger partial charge in [-0.2, -0.15) is 0 Å². The number of carbonyl (C=O) groups is 1. The van der Waals surface area contributed by atoms with Crippen LogP contribution in [0.25, 0.3) is 21.5 Å². The molecule has 0 spiro atoms. The number of fused-ring (bicyclic) bond motifs is 2. The Morgan fingerprint density at radius 3 is 2.32 bits per heavy atom. The monoisotopic (exact) mass is 411 g/mol. The van der Waals surface area contributed by atoms with Crippen LogP contribution >= 0.6 is 0 Å². The van der Waals surface area contributed by atoms with Gasteiger partial charge >= 0.3 is 0 Å². The van der Waals surface area contributed by atoms with Crippen molar-refractivity contribution in [2.45, 2.75) is 12.8 Å². The number of nitrogens with zero attached hydrogens (tertiary/aromatic N) is 3. The van der Waals surface area contributed by atoms with Crippen molar-refractivity contribution in [1.29, 1.82) is 0 Å². The van der Waals surface area contributed by atoms with E-state index in [4.69, 9.17) is 0 Å². The number of hydrazine groups is 1. The summed E-state index contributed by atoms with van der Waals surface area (Å²) >= 11 is 0. The smallest absolute Gasteiger partial charge is 0.277 e. The predicted molar refractivity (Wildman–Crippen MR) is 122 cm³/mol. The Kier molecular flexibility index (Phi) is 4.75. The summed E-state index contributed by atoms with van der Waals surface area (Å²) in [6.45, 7) is 1.29. The first-order valence-corrected chi connectivity index (χ1v) is 10.4. The Hall–Kier alpha value is -3.93. The molecule has 0 aliphatic carbocycles. The van der Waals surface area contributed by atoms with Crippen LogP contribution in [0.2, 0.25) is 0 Å². The maximum absolute atomic E-state index is 13.5. The third-order valence-electron chi connectivity index (χ3n) is 5.86. The molecule has 4 aromatic carbocycles. The molecule has 1 saturated heterocycles. The van der Waals surface area contributed by atoms with Crippen LogP contribution in [-0.2, 0) is 0 Å². The highest BCUT2D eigenvalue weighted by Gasteiger charge is 2.28. The predicted octanol–water partition coefficient (Wildman–Crippen LogP) is 5.56. The van der Waals surface area contributed by atoms with Crippen LogP contribution in [0.4, 0.5) is 11.4 Å². The highest BCUT2D eigenvalue weighted by atomic mass is 16.6. The molecule has 0 atom stereocenters. The van der Waals surface area contributed by atoms with E-state index < -0.39 is 0 Å². The molecule has 0 N–H and O–H groups in total. The summed E-state index contributed by atoms with van der Waals surface area (Å²) in [6, 6.07) is 24.3. The van der Waals surface area contributed by atoms with Gasteiger partial charge in [-0.05, 0) is 47.9 Å². The van der Waals surface area contributed by atoms with Gasteiger partial charge in [0.25, 0.3) is 11.6 Å². The summed E-state index contributed by atoms with van der Waals surface area (Å²) in [7, 11) is 0. The first-order valence-electron chi connectivity index (χ1n) is 10.4. The molecular weight excluding hydrogens is 390 g/mol. The zero-order valence-electron chi connectivity index (χ0n) is 16.9. The molecule has 0 bridgehead atoms. The van der Waals surface area contributed by atoms with Gasteiger partial charge in [-0.15, -0.1) is 0 Å². The van der Waals surface area contributed by atoms with E-state index in [1.165, 1.54) is 6.07 Å². The van der Waals surface area contributed by atoms with Gasteiger partial charge in [-0.1, -0.05) is 48.5 Å². The molecule has 6 heteroatoms. The van der Waals surface area contributed by atoms with Crippen LogP contribution in [-0.4, -0.2) is 28.9 Å². The molecular formula is C25H21N3O3. The quantitative estimate of drug-likeness (QED) is 0.327. The molecule has 1 fully saturated rings. The molecule has 4 aromatic rings. The Bertz CT molecular complexity index is 1320. The Balaban J connectivity index is 1.58. The van der Waals surface area contributed by atoms with E-state index in [0.717, 1.165) is 34.7 Å². The van der Waals surface area contributed by atoms with Gasteiger partial charge < -0.3 is 0 Å². The standard InChI is InChI=1S/C25H21N3O3/c29-25(20-12-11-18-7-1-2-8-19(18)17-20)27-16-6-5-15-26(27)23-13-14-24(28(30)31)22-10-4-3-9-21(22)23/h1-4,7-14,17H,5-6,15-16H2. The second-order valence-corrected chi connectivity index (χ2v) is 7.73. The van der Waals surface area contributed by atoms with Gasteiger partial charge in [0.05, 0.1) is 16.0 Å². The number of carbonyl (C=O) groups excluding carboxylic acids is 1. The minimum atomic E-state index is -0.361. The lowest BCUT2D eigenvalue weighted by Crippen LogP contribution is -2.50. The molecule has 154 valence electrons. The highest BCUT2D eigenvalue weighted by molar-refractivity contribution is 6.03. The van der Waals surface area contributed by atoms with Crippen LogP contribution in [0.15, 0.2) is 78.9 Å². The van der Waals surface area contributed by atoms with Crippen molar-refractivity contribution in [2.75, 3.05) is 18.1 Å². The highest BCUT2D eigenvalue weighted by Crippen LogP contribution is 2.35. The normalized spacial score (nSPS) is 14.2. The van der Waals surface area contributed by atoms with Crippen LogP contribution in [0.5, 0.6) is 0 Å². The third kappa shape index (κ3) is 3.36. The molecule has 1 amide bonds. The lowest BCUT2D eigenvalue weighted by atomic mass is 10.0. The fourth-order valence-electron chi connectivity index (χ4n) is 4.35. The summed E-state index contributed by atoms with van der Waals surface area (Å²) in [5.41, 5.74) is 1.52. The van der Waals surface area contributed by atoms with Gasteiger partial charge in [-0.3, -0.25) is 19.9 Å². The van der Waals surface area contributed by atoms with E-state index in [1.54, 1.807) is 23.2 Å². The van der Waals surface area contributed by atoms with Gasteiger partial charge in [0.1, 0.15) is 0 Å². The zero-order chi connectivity index (χ0) is 21.4. The van der Waals surface area contributed by atoms with Crippen molar-refractivity contribution >= 4 is 38.8 Å². The summed E-state index contributed by atoms with van der Waals surface area (Å²) in [4.78, 5) is 24.6. The topological polar surface area (TPSA) is 66.7 Å². The van der Waals surface area contributed by atoms with Crippen LogP contribution in [0.3, 0.4) is 0 Å². The molecule has 0 saturated carbocycles. The van der Waals surface area contributed by atoms with Gasteiger partial charge in [0, 0.05) is 30.1 Å². The third-order valence-corrected chi connectivity index (χ3v) is 5.86. The van der Waals surface area contributed by atoms with Crippen LogP contribution in [0.1, 0.15) is 23.2 Å². The average Bonchev–Trinajstić information content (AvgIpc) is 2.82. The average molecular weight is 411 g/mol. The maximum Gasteiger partial charge on any atom is 0.277 e. The summed E-state index contributed by atoms with van der Waals surface area (Å²) in [6.07, 6.45) is 1.87. The Morgan fingerprint density at radius 1 is 0.806 bits per heavy atom. The van der Waals surface area contributed by atoms with Gasteiger partial charge in [0.15, 0.2) is 0 Å². The van der Waals surface area contributed by atoms with Crippen molar-refractivity contribution < 1.29 is 9.72 Å². The number of nitro benzene ring substituents is 1. The van der Waals surface area contributed by atoms with E-state index >= 15 is 0 Å². The Labute approximate surface area is 179 Å². The van der Waals surface area contributed by atoms with E-state index in [9.17, 15) is 14.9 Å². The maximum atomic E-state index is 13.5. The van der Waals surface area contributed by atoms with Crippen molar-refractivity contribution in [3.8, 4) is 0 Å². The number of amides is 1. The Morgan fingerprint density at radius 2 is 1.52 bits per heavy atom. The lowest BCUT2D eigenvalue weighted by molar-refractivity contribution is -0.383. The lowest BCUT2D eigenvalue weighted by Gasteiger charge is -2.40. The van der Waals surface area contributed by atoms with Crippen LogP contribution < -0.4 is 5.01 Å². The molecule has 31 heavy (non-hydrogen) atoms. The molecule has 6 nitrogen and oxygen atoms in total. The van der Waals surface area contributed by atoms with Crippen molar-refractivity contribution in [3.63, 3.8) is 0 Å². The number of rotatable bonds is 3. The number of nitro groups is 1. The molecule has 0 radical (unpaired) electrons. The second kappa shape index (κ2) is 7.72. The van der Waals surface area contributed by atoms with Gasteiger partial charge in [0.2, 0.25) is 0 Å². The van der Waals surface area contributed by atoms with Gasteiger partial charge in [-0.25, -0.2) is 5.01 Å². The number of benzene rings is 4. The fraction of sp³-hybridized carbons (Fsp3) is 0.160. The van der Waals surface area contributed by atoms with Crippen LogP contribution in [0, 0.1) is 10.1 Å². The molecule has 1 aliphatic heterocycles. The van der Waals surface area contributed by atoms with Crippen molar-refractivity contribution in [1.82, 2.24) is 5.01 Å². The fourth-order valence-corrected chi connectivity index (χ4v) is 4.35. The van der Waals surface area contributed by atoms with E-state index in [1.807, 2.05) is 59.6 Å².